The smallest absolute Gasteiger partial charge is 0.159 e. The molecule has 3 aromatic rings. The van der Waals surface area contributed by atoms with E-state index in [1.807, 2.05) is 30.3 Å². The number of aromatic nitrogens is 3. The van der Waals surface area contributed by atoms with Crippen LogP contribution >= 0.6 is 43.5 Å². The molecular formula is C17H11Br2ClN4. The maximum absolute atomic E-state index is 6.03. The van der Waals surface area contributed by atoms with Gasteiger partial charge in [-0.1, -0.05) is 55.6 Å². The summed E-state index contributed by atoms with van der Waals surface area (Å²) in [6, 6.07) is 13.9. The first-order valence-corrected chi connectivity index (χ1v) is 9.56. The molecule has 120 valence electrons. The molecule has 0 saturated carbocycles. The van der Waals surface area contributed by atoms with Gasteiger partial charge < -0.3 is 0 Å². The molecule has 0 unspecified atom stereocenters. The Morgan fingerprint density at radius 2 is 1.88 bits per heavy atom. The number of nitrogens with zero attached hydrogens (tertiary/aromatic N) is 4. The Bertz CT molecular complexity index is 948. The predicted molar refractivity (Wildman–Crippen MR) is 102 cm³/mol. The number of halogens is 3. The minimum atomic E-state index is 0.476. The quantitative estimate of drug-likeness (QED) is 0.503. The van der Waals surface area contributed by atoms with Crippen molar-refractivity contribution in [3.05, 3.63) is 74.7 Å². The highest BCUT2D eigenvalue weighted by atomic mass is 79.9. The van der Waals surface area contributed by atoms with Crippen LogP contribution in [0, 0.1) is 0 Å². The van der Waals surface area contributed by atoms with Gasteiger partial charge >= 0.3 is 0 Å². The molecule has 7 heteroatoms. The lowest BCUT2D eigenvalue weighted by Gasteiger charge is -2.13. The van der Waals surface area contributed by atoms with Crippen LogP contribution in [0.3, 0.4) is 0 Å². The lowest BCUT2D eigenvalue weighted by atomic mass is 10.0. The summed E-state index contributed by atoms with van der Waals surface area (Å²) < 4.78 is 3.07. The summed E-state index contributed by atoms with van der Waals surface area (Å²) in [5.74, 6) is 1.68. The first kappa shape index (κ1) is 16.0. The van der Waals surface area contributed by atoms with Crippen molar-refractivity contribution in [2.24, 2.45) is 4.99 Å². The molecule has 1 aliphatic heterocycles. The van der Waals surface area contributed by atoms with Crippen LogP contribution < -0.4 is 0 Å². The molecule has 2 heterocycles. The van der Waals surface area contributed by atoms with E-state index in [4.69, 9.17) is 16.6 Å². The normalized spacial score (nSPS) is 13.0. The molecule has 0 spiro atoms. The summed E-state index contributed by atoms with van der Waals surface area (Å²) in [6.07, 6.45) is 0. The fraction of sp³-hybridized carbons (Fsp3) is 0.118. The molecule has 4 nitrogen and oxygen atoms in total. The van der Waals surface area contributed by atoms with E-state index in [1.165, 1.54) is 0 Å². The molecule has 24 heavy (non-hydrogen) atoms. The Hall–Kier alpha value is -1.50. The van der Waals surface area contributed by atoms with Gasteiger partial charge in [0.2, 0.25) is 0 Å². The average Bonchev–Trinajstić information content (AvgIpc) is 2.93. The molecule has 4 rings (SSSR count). The first-order chi connectivity index (χ1) is 11.7. The second-order valence-electron chi connectivity index (χ2n) is 5.33. The monoisotopic (exact) mass is 464 g/mol. The second kappa shape index (κ2) is 6.43. The maximum atomic E-state index is 6.03. The highest BCUT2D eigenvalue weighted by molar-refractivity contribution is 9.10. The summed E-state index contributed by atoms with van der Waals surface area (Å²) in [4.78, 5) is 4.80. The van der Waals surface area contributed by atoms with Crippen LogP contribution in [-0.4, -0.2) is 20.5 Å². The van der Waals surface area contributed by atoms with Crippen molar-refractivity contribution in [1.82, 2.24) is 14.8 Å². The van der Waals surface area contributed by atoms with Crippen LogP contribution in [-0.2, 0) is 11.9 Å². The average molecular weight is 467 g/mol. The van der Waals surface area contributed by atoms with Gasteiger partial charge in [-0.3, -0.25) is 9.56 Å². The van der Waals surface area contributed by atoms with Crippen LogP contribution in [0.1, 0.15) is 22.8 Å². The number of fused-ring (bicyclic) bond motifs is 3. The zero-order valence-electron chi connectivity index (χ0n) is 12.4. The molecule has 1 aromatic heterocycles. The van der Waals surface area contributed by atoms with Gasteiger partial charge in [0.1, 0.15) is 12.4 Å². The molecule has 0 bridgehead atoms. The first-order valence-electron chi connectivity index (χ1n) is 7.27. The Labute approximate surface area is 160 Å². The lowest BCUT2D eigenvalue weighted by Crippen LogP contribution is -2.09. The van der Waals surface area contributed by atoms with Gasteiger partial charge in [0.25, 0.3) is 0 Å². The van der Waals surface area contributed by atoms with Crippen molar-refractivity contribution in [2.45, 2.75) is 11.9 Å². The largest absolute Gasteiger partial charge is 0.280 e. The van der Waals surface area contributed by atoms with E-state index in [0.29, 0.717) is 16.9 Å². The van der Waals surface area contributed by atoms with Crippen molar-refractivity contribution in [3.8, 4) is 5.69 Å². The zero-order chi connectivity index (χ0) is 16.7. The number of aliphatic imine (C=N–C) groups is 1. The highest BCUT2D eigenvalue weighted by Gasteiger charge is 2.22. The van der Waals surface area contributed by atoms with E-state index < -0.39 is 0 Å². The van der Waals surface area contributed by atoms with Crippen molar-refractivity contribution < 1.29 is 0 Å². The van der Waals surface area contributed by atoms with Crippen LogP contribution in [0.4, 0.5) is 0 Å². The molecule has 0 saturated heterocycles. The zero-order valence-corrected chi connectivity index (χ0v) is 16.3. The number of hydrogen-bond donors (Lipinski definition) is 0. The second-order valence-corrected chi connectivity index (χ2v) is 7.25. The molecule has 0 radical (unpaired) electrons. The van der Waals surface area contributed by atoms with Crippen molar-refractivity contribution in [2.75, 3.05) is 0 Å². The summed E-state index contributed by atoms with van der Waals surface area (Å²) in [5.41, 5.74) is 4.02. The highest BCUT2D eigenvalue weighted by Crippen LogP contribution is 2.29. The number of benzene rings is 2. The van der Waals surface area contributed by atoms with E-state index in [2.05, 4.69) is 58.8 Å². The van der Waals surface area contributed by atoms with Crippen LogP contribution in [0.15, 0.2) is 51.9 Å². The summed E-state index contributed by atoms with van der Waals surface area (Å²) in [6.45, 7) is 0.476. The molecule has 0 aliphatic carbocycles. The minimum Gasteiger partial charge on any atom is -0.280 e. The lowest BCUT2D eigenvalue weighted by molar-refractivity contribution is 0.860. The van der Waals surface area contributed by atoms with Crippen LogP contribution in [0.5, 0.6) is 0 Å². The molecular weight excluding hydrogens is 455 g/mol. The predicted octanol–water partition coefficient (Wildman–Crippen LogP) is 4.93. The Balaban J connectivity index is 1.97. The molecule has 1 aliphatic rings. The fourth-order valence-electron chi connectivity index (χ4n) is 2.80. The van der Waals surface area contributed by atoms with Gasteiger partial charge in [-0.15, -0.1) is 10.2 Å². The van der Waals surface area contributed by atoms with Gasteiger partial charge in [-0.25, -0.2) is 0 Å². The third-order valence-electron chi connectivity index (χ3n) is 3.87. The molecule has 0 fully saturated rings. The van der Waals surface area contributed by atoms with Crippen molar-refractivity contribution in [1.29, 1.82) is 0 Å². The van der Waals surface area contributed by atoms with E-state index in [9.17, 15) is 0 Å². The molecule has 0 amide bonds. The Morgan fingerprint density at radius 3 is 2.62 bits per heavy atom. The Morgan fingerprint density at radius 1 is 1.08 bits per heavy atom. The number of rotatable bonds is 2. The number of hydrogen-bond acceptors (Lipinski definition) is 3. The Kier molecular flexibility index (Phi) is 4.28. The van der Waals surface area contributed by atoms with Crippen LogP contribution in [0.25, 0.3) is 5.69 Å². The SMILES string of the molecule is Clc1ccc(C2=NCc3nnc(CBr)n3-c3cc(Br)ccc32)cc1. The summed E-state index contributed by atoms with van der Waals surface area (Å²) >= 11 is 13.1. The van der Waals surface area contributed by atoms with E-state index in [0.717, 1.165) is 38.6 Å². The van der Waals surface area contributed by atoms with Crippen LogP contribution in [0.2, 0.25) is 5.02 Å². The van der Waals surface area contributed by atoms with Crippen molar-refractivity contribution >= 4 is 49.2 Å². The standard InChI is InChI=1S/C17H11Br2ClN4/c18-8-15-22-23-16-9-21-17(10-1-4-12(20)5-2-10)13-6-3-11(19)7-14(13)24(15)16/h1-7H,8-9H2. The maximum Gasteiger partial charge on any atom is 0.159 e. The number of alkyl halides is 1. The van der Waals surface area contributed by atoms with E-state index in [-0.39, 0.29) is 0 Å². The summed E-state index contributed by atoms with van der Waals surface area (Å²) in [7, 11) is 0. The third-order valence-corrected chi connectivity index (χ3v) is 5.12. The topological polar surface area (TPSA) is 43.1 Å². The summed E-state index contributed by atoms with van der Waals surface area (Å²) in [5, 5.41) is 9.90. The van der Waals surface area contributed by atoms with Gasteiger partial charge in [0.05, 0.1) is 16.7 Å². The van der Waals surface area contributed by atoms with E-state index in [1.54, 1.807) is 0 Å². The van der Waals surface area contributed by atoms with Gasteiger partial charge in [-0.2, -0.15) is 0 Å². The van der Waals surface area contributed by atoms with Gasteiger partial charge in [0, 0.05) is 20.6 Å². The molecule has 0 N–H and O–H groups in total. The molecule has 0 atom stereocenters. The van der Waals surface area contributed by atoms with Gasteiger partial charge in [0.15, 0.2) is 5.82 Å². The third kappa shape index (κ3) is 2.72. The fourth-order valence-corrected chi connectivity index (χ4v) is 3.64. The van der Waals surface area contributed by atoms with E-state index >= 15 is 0 Å². The van der Waals surface area contributed by atoms with Crippen molar-refractivity contribution in [3.63, 3.8) is 0 Å². The van der Waals surface area contributed by atoms with Gasteiger partial charge in [-0.05, 0) is 30.3 Å². The minimum absolute atomic E-state index is 0.476. The molecule has 2 aromatic carbocycles.